The highest BCUT2D eigenvalue weighted by Gasteiger charge is 2.05. The largest absolute Gasteiger partial charge is 0.480 e. The molecular formula is C8H8N2O3S. The van der Waals surface area contributed by atoms with Crippen molar-refractivity contribution in [2.75, 3.05) is 6.54 Å². The second kappa shape index (κ2) is 5.23. The van der Waals surface area contributed by atoms with Crippen LogP contribution >= 0.6 is 11.8 Å². The van der Waals surface area contributed by atoms with E-state index in [4.69, 9.17) is 5.11 Å². The van der Waals surface area contributed by atoms with Crippen molar-refractivity contribution < 1.29 is 14.7 Å². The van der Waals surface area contributed by atoms with E-state index in [1.54, 1.807) is 24.4 Å². The maximum atomic E-state index is 11.1. The molecule has 0 bridgehead atoms. The van der Waals surface area contributed by atoms with Gasteiger partial charge in [-0.15, -0.1) is 0 Å². The molecule has 0 atom stereocenters. The summed E-state index contributed by atoms with van der Waals surface area (Å²) in [5, 5.41) is 10.6. The van der Waals surface area contributed by atoms with Crippen LogP contribution < -0.4 is 5.32 Å². The smallest absolute Gasteiger partial charge is 0.323 e. The van der Waals surface area contributed by atoms with Crippen LogP contribution in [0.15, 0.2) is 29.4 Å². The summed E-state index contributed by atoms with van der Waals surface area (Å²) in [6, 6.07) is 5.16. The summed E-state index contributed by atoms with van der Waals surface area (Å²) in [5.74, 6) is -1.07. The summed E-state index contributed by atoms with van der Waals surface area (Å²) in [7, 11) is 0. The van der Waals surface area contributed by atoms with Crippen molar-refractivity contribution in [3.8, 4) is 0 Å². The molecule has 0 radical (unpaired) electrons. The van der Waals surface area contributed by atoms with Gasteiger partial charge in [0, 0.05) is 6.20 Å². The van der Waals surface area contributed by atoms with Crippen LogP contribution in [0.5, 0.6) is 0 Å². The van der Waals surface area contributed by atoms with E-state index in [9.17, 15) is 9.59 Å². The van der Waals surface area contributed by atoms with Gasteiger partial charge in [-0.2, -0.15) is 0 Å². The minimum absolute atomic E-state index is 0.376. The summed E-state index contributed by atoms with van der Waals surface area (Å²) >= 11 is 0.861. The first-order valence-corrected chi connectivity index (χ1v) is 4.58. The molecule has 0 unspecified atom stereocenters. The summed E-state index contributed by atoms with van der Waals surface area (Å²) in [5.41, 5.74) is 0. The number of hydrogen-bond acceptors (Lipinski definition) is 4. The molecule has 1 heterocycles. The first-order valence-electron chi connectivity index (χ1n) is 3.77. The van der Waals surface area contributed by atoms with Crippen molar-refractivity contribution in [3.05, 3.63) is 24.4 Å². The Labute approximate surface area is 84.5 Å². The number of carbonyl (C=O) groups is 2. The van der Waals surface area contributed by atoms with E-state index in [0.717, 1.165) is 11.8 Å². The third-order valence-electron chi connectivity index (χ3n) is 1.22. The van der Waals surface area contributed by atoms with E-state index >= 15 is 0 Å². The van der Waals surface area contributed by atoms with E-state index in [2.05, 4.69) is 10.3 Å². The molecule has 0 spiro atoms. The molecule has 6 heteroatoms. The highest BCUT2D eigenvalue weighted by atomic mass is 32.2. The fourth-order valence-corrected chi connectivity index (χ4v) is 1.28. The van der Waals surface area contributed by atoms with Gasteiger partial charge in [-0.05, 0) is 23.9 Å². The Morgan fingerprint density at radius 1 is 1.50 bits per heavy atom. The molecule has 5 nitrogen and oxygen atoms in total. The Morgan fingerprint density at radius 3 is 2.86 bits per heavy atom. The van der Waals surface area contributed by atoms with Gasteiger partial charge in [0.05, 0.1) is 0 Å². The van der Waals surface area contributed by atoms with Crippen molar-refractivity contribution >= 4 is 23.0 Å². The average Bonchev–Trinajstić information content (AvgIpc) is 2.16. The van der Waals surface area contributed by atoms with Gasteiger partial charge in [0.15, 0.2) is 0 Å². The van der Waals surface area contributed by atoms with E-state index in [1.807, 2.05) is 0 Å². The molecular weight excluding hydrogens is 204 g/mol. The van der Waals surface area contributed by atoms with Gasteiger partial charge in [0.25, 0.3) is 5.24 Å². The number of amides is 1. The second-order valence-corrected chi connectivity index (χ2v) is 3.30. The average molecular weight is 212 g/mol. The number of nitrogens with zero attached hydrogens (tertiary/aromatic N) is 1. The Morgan fingerprint density at radius 2 is 2.29 bits per heavy atom. The Balaban J connectivity index is 2.38. The van der Waals surface area contributed by atoms with Crippen LogP contribution in [0.4, 0.5) is 4.79 Å². The molecule has 1 aromatic heterocycles. The Bertz CT molecular complexity index is 329. The van der Waals surface area contributed by atoms with Crippen LogP contribution in [-0.4, -0.2) is 27.8 Å². The van der Waals surface area contributed by atoms with Crippen molar-refractivity contribution in [1.29, 1.82) is 0 Å². The van der Waals surface area contributed by atoms with Gasteiger partial charge in [-0.25, -0.2) is 4.98 Å². The molecule has 0 saturated carbocycles. The first kappa shape index (κ1) is 10.5. The fraction of sp³-hybridized carbons (Fsp3) is 0.125. The zero-order valence-corrected chi connectivity index (χ0v) is 7.95. The van der Waals surface area contributed by atoms with Crippen LogP contribution in [0.1, 0.15) is 0 Å². The zero-order valence-electron chi connectivity index (χ0n) is 7.14. The standard InChI is InChI=1S/C8H8N2O3S/c11-7(12)5-10-8(13)14-6-3-1-2-4-9-6/h1-4H,5H2,(H,10,13)(H,11,12). The zero-order chi connectivity index (χ0) is 10.4. The van der Waals surface area contributed by atoms with Gasteiger partial charge in [0.1, 0.15) is 11.6 Å². The molecule has 0 aliphatic heterocycles. The number of carbonyl (C=O) groups excluding carboxylic acids is 1. The van der Waals surface area contributed by atoms with Crippen LogP contribution in [0.25, 0.3) is 0 Å². The highest BCUT2D eigenvalue weighted by Crippen LogP contribution is 2.13. The number of aliphatic carboxylic acids is 1. The summed E-state index contributed by atoms with van der Waals surface area (Å²) in [6.45, 7) is -0.376. The normalized spacial score (nSPS) is 9.43. The van der Waals surface area contributed by atoms with Crippen molar-refractivity contribution in [2.45, 2.75) is 5.03 Å². The molecule has 2 N–H and O–H groups in total. The van der Waals surface area contributed by atoms with Crippen molar-refractivity contribution in [2.24, 2.45) is 0 Å². The molecule has 14 heavy (non-hydrogen) atoms. The maximum Gasteiger partial charge on any atom is 0.323 e. The van der Waals surface area contributed by atoms with Crippen molar-refractivity contribution in [1.82, 2.24) is 10.3 Å². The predicted molar refractivity (Wildman–Crippen MR) is 51.1 cm³/mol. The Hall–Kier alpha value is -1.56. The van der Waals surface area contributed by atoms with Crippen LogP contribution in [-0.2, 0) is 4.79 Å². The fourth-order valence-electron chi connectivity index (χ4n) is 0.686. The Kier molecular flexibility index (Phi) is 3.93. The number of pyridine rings is 1. The topological polar surface area (TPSA) is 79.3 Å². The number of carboxylic acid groups (broad SMARTS) is 1. The van der Waals surface area contributed by atoms with E-state index in [0.29, 0.717) is 5.03 Å². The molecule has 0 aliphatic carbocycles. The summed E-state index contributed by atoms with van der Waals surface area (Å²) in [6.07, 6.45) is 1.56. The molecule has 0 aliphatic rings. The SMILES string of the molecule is O=C(O)CNC(=O)Sc1ccccn1. The molecule has 1 aromatic rings. The number of thioether (sulfide) groups is 1. The molecule has 0 saturated heterocycles. The third-order valence-corrected chi connectivity index (χ3v) is 2.00. The van der Waals surface area contributed by atoms with Crippen LogP contribution in [0.3, 0.4) is 0 Å². The second-order valence-electron chi connectivity index (χ2n) is 2.30. The number of aromatic nitrogens is 1. The van der Waals surface area contributed by atoms with Crippen LogP contribution in [0.2, 0.25) is 0 Å². The van der Waals surface area contributed by atoms with Gasteiger partial charge >= 0.3 is 5.97 Å². The number of carboxylic acids is 1. The number of hydrogen-bond donors (Lipinski definition) is 2. The van der Waals surface area contributed by atoms with E-state index < -0.39 is 11.2 Å². The maximum absolute atomic E-state index is 11.1. The van der Waals surface area contributed by atoms with Gasteiger partial charge in [-0.1, -0.05) is 6.07 Å². The monoisotopic (exact) mass is 212 g/mol. The molecule has 74 valence electrons. The summed E-state index contributed by atoms with van der Waals surface area (Å²) in [4.78, 5) is 25.1. The molecule has 1 amide bonds. The minimum atomic E-state index is -1.07. The predicted octanol–water partition coefficient (Wildman–Crippen LogP) is 0.968. The van der Waals surface area contributed by atoms with Gasteiger partial charge in [-0.3, -0.25) is 9.59 Å². The lowest BCUT2D eigenvalue weighted by Gasteiger charge is -1.99. The van der Waals surface area contributed by atoms with E-state index in [-0.39, 0.29) is 6.54 Å². The molecule has 1 rings (SSSR count). The minimum Gasteiger partial charge on any atom is -0.480 e. The third kappa shape index (κ3) is 3.90. The van der Waals surface area contributed by atoms with Gasteiger partial charge in [0.2, 0.25) is 0 Å². The molecule has 0 fully saturated rings. The van der Waals surface area contributed by atoms with Crippen LogP contribution in [0, 0.1) is 0 Å². The van der Waals surface area contributed by atoms with E-state index in [1.165, 1.54) is 0 Å². The lowest BCUT2D eigenvalue weighted by molar-refractivity contribution is -0.135. The lowest BCUT2D eigenvalue weighted by Crippen LogP contribution is -2.25. The number of rotatable bonds is 3. The van der Waals surface area contributed by atoms with Gasteiger partial charge < -0.3 is 10.4 Å². The summed E-state index contributed by atoms with van der Waals surface area (Å²) < 4.78 is 0. The molecule has 0 aromatic carbocycles. The number of nitrogens with one attached hydrogen (secondary N) is 1. The highest BCUT2D eigenvalue weighted by molar-refractivity contribution is 8.13. The quantitative estimate of drug-likeness (QED) is 0.730. The van der Waals surface area contributed by atoms with Crippen molar-refractivity contribution in [3.63, 3.8) is 0 Å². The first-order chi connectivity index (χ1) is 6.68. The lowest BCUT2D eigenvalue weighted by atomic mass is 10.5.